The van der Waals surface area contributed by atoms with Crippen molar-refractivity contribution in [2.24, 2.45) is 0 Å². The quantitative estimate of drug-likeness (QED) is 0.0611. The molecular formula is C59H42Cl2N2O10. The number of fused-ring (bicyclic) bond motifs is 2. The first-order chi connectivity index (χ1) is 35.1. The van der Waals surface area contributed by atoms with Gasteiger partial charge in [-0.3, -0.25) is 19.2 Å². The van der Waals surface area contributed by atoms with Gasteiger partial charge in [-0.05, 0) is 106 Å². The van der Waals surface area contributed by atoms with Gasteiger partial charge in [0.05, 0.1) is 41.4 Å². The zero-order chi connectivity index (χ0) is 51.5. The van der Waals surface area contributed by atoms with E-state index in [1.54, 1.807) is 78.9 Å². The van der Waals surface area contributed by atoms with E-state index in [2.05, 4.69) is 10.6 Å². The van der Waals surface area contributed by atoms with Crippen LogP contribution in [0.15, 0.2) is 158 Å². The van der Waals surface area contributed by atoms with E-state index in [4.69, 9.17) is 33.0 Å². The number of phenolic OH excluding ortho intramolecular Hbond substituents is 3. The SMILES string of the molecule is COc1ccc(/C=C2\C(=O)Nc3cc(Cl)c(-c4ccc(-c5ccccc5O)cc4)cc32)cc1CC(=O)O.O=C(O)Cc1cc(/C=C2\C(=O)Nc3cc(Cl)c(-c4ccc(-c5ccccc5O)cc4)cc32)ccc1O. The van der Waals surface area contributed by atoms with Gasteiger partial charge in [0, 0.05) is 55.7 Å². The van der Waals surface area contributed by atoms with Gasteiger partial charge in [-0.1, -0.05) is 120 Å². The van der Waals surface area contributed by atoms with Gasteiger partial charge in [-0.15, -0.1) is 0 Å². The largest absolute Gasteiger partial charge is 0.508 e. The Labute approximate surface area is 428 Å². The molecule has 2 heterocycles. The van der Waals surface area contributed by atoms with Crippen LogP contribution in [0.25, 0.3) is 67.8 Å². The normalized spacial score (nSPS) is 13.4. The molecule has 2 aliphatic rings. The molecule has 0 spiro atoms. The Hall–Kier alpha value is -9.10. The Morgan fingerprint density at radius 2 is 0.877 bits per heavy atom. The minimum absolute atomic E-state index is 0.114. The van der Waals surface area contributed by atoms with Crippen LogP contribution in [0.3, 0.4) is 0 Å². The monoisotopic (exact) mass is 1010 g/mol. The number of para-hydroxylation sites is 2. The highest BCUT2D eigenvalue weighted by atomic mass is 35.5. The fraction of sp³-hybridized carbons (Fsp3) is 0.0508. The summed E-state index contributed by atoms with van der Waals surface area (Å²) in [7, 11) is 1.49. The molecule has 0 aliphatic carbocycles. The molecule has 14 heteroatoms. The van der Waals surface area contributed by atoms with Crippen molar-refractivity contribution in [2.45, 2.75) is 12.8 Å². The van der Waals surface area contributed by atoms with Gasteiger partial charge < -0.3 is 40.9 Å². The lowest BCUT2D eigenvalue weighted by atomic mass is 9.96. The van der Waals surface area contributed by atoms with Crippen molar-refractivity contribution in [3.05, 3.63) is 201 Å². The van der Waals surface area contributed by atoms with E-state index in [0.29, 0.717) is 66.1 Å². The predicted octanol–water partition coefficient (Wildman–Crippen LogP) is 12.7. The minimum Gasteiger partial charge on any atom is -0.508 e. The predicted molar refractivity (Wildman–Crippen MR) is 285 cm³/mol. The number of halogens is 2. The van der Waals surface area contributed by atoms with Crippen LogP contribution in [-0.4, -0.2) is 56.4 Å². The summed E-state index contributed by atoms with van der Waals surface area (Å²) in [5.41, 5.74) is 11.8. The molecule has 8 aromatic carbocycles. The van der Waals surface area contributed by atoms with Crippen LogP contribution >= 0.6 is 23.2 Å². The molecule has 0 bridgehead atoms. The molecule has 7 N–H and O–H groups in total. The number of hydrogen-bond donors (Lipinski definition) is 7. The fourth-order valence-corrected chi connectivity index (χ4v) is 9.31. The first-order valence-corrected chi connectivity index (χ1v) is 23.3. The van der Waals surface area contributed by atoms with Crippen molar-refractivity contribution in [3.63, 3.8) is 0 Å². The highest BCUT2D eigenvalue weighted by Crippen LogP contribution is 2.43. The number of hydrogen-bond acceptors (Lipinski definition) is 8. The van der Waals surface area contributed by atoms with Crippen LogP contribution in [0.2, 0.25) is 10.0 Å². The fourth-order valence-electron chi connectivity index (χ4n) is 8.77. The summed E-state index contributed by atoms with van der Waals surface area (Å²) in [4.78, 5) is 48.0. The van der Waals surface area contributed by atoms with Crippen LogP contribution in [-0.2, 0) is 32.0 Å². The number of carboxylic acids is 2. The Morgan fingerprint density at radius 1 is 0.479 bits per heavy atom. The van der Waals surface area contributed by atoms with Gasteiger partial charge in [0.25, 0.3) is 11.8 Å². The third-order valence-corrected chi connectivity index (χ3v) is 12.9. The number of ether oxygens (including phenoxy) is 1. The summed E-state index contributed by atoms with van der Waals surface area (Å²) in [6.07, 6.45) is 2.86. The summed E-state index contributed by atoms with van der Waals surface area (Å²) in [5, 5.41) is 55.2. The number of carboxylic acid groups (broad SMARTS) is 2. The van der Waals surface area contributed by atoms with Crippen molar-refractivity contribution in [2.75, 3.05) is 17.7 Å². The first kappa shape index (κ1) is 48.9. The number of anilines is 2. The first-order valence-electron chi connectivity index (χ1n) is 22.6. The maximum absolute atomic E-state index is 12.8. The number of amides is 2. The molecule has 0 saturated heterocycles. The van der Waals surface area contributed by atoms with Crippen molar-refractivity contribution < 1.29 is 49.4 Å². The van der Waals surface area contributed by atoms with E-state index in [0.717, 1.165) is 44.5 Å². The average Bonchev–Trinajstić information content (AvgIpc) is 3.83. The summed E-state index contributed by atoms with van der Waals surface area (Å²) in [6, 6.07) is 46.4. The van der Waals surface area contributed by atoms with E-state index in [1.165, 1.54) is 13.2 Å². The number of phenols is 3. The molecule has 0 fully saturated rings. The zero-order valence-corrected chi connectivity index (χ0v) is 40.1. The van der Waals surface area contributed by atoms with Gasteiger partial charge in [-0.2, -0.15) is 0 Å². The van der Waals surface area contributed by atoms with Crippen LogP contribution in [0.1, 0.15) is 33.4 Å². The van der Waals surface area contributed by atoms with Crippen molar-refractivity contribution in [1.82, 2.24) is 0 Å². The molecule has 10 rings (SSSR count). The number of benzene rings is 8. The second-order valence-electron chi connectivity index (χ2n) is 17.1. The van der Waals surface area contributed by atoms with Gasteiger partial charge >= 0.3 is 11.9 Å². The molecule has 0 atom stereocenters. The highest BCUT2D eigenvalue weighted by Gasteiger charge is 2.28. The lowest BCUT2D eigenvalue weighted by molar-refractivity contribution is -0.137. The van der Waals surface area contributed by atoms with Crippen LogP contribution in [0, 0.1) is 0 Å². The van der Waals surface area contributed by atoms with Crippen LogP contribution in [0.4, 0.5) is 11.4 Å². The van der Waals surface area contributed by atoms with Gasteiger partial charge in [-0.25, -0.2) is 0 Å². The Bertz CT molecular complexity index is 3600. The average molecular weight is 1010 g/mol. The molecule has 2 amide bonds. The molecule has 12 nitrogen and oxygen atoms in total. The number of aromatic hydroxyl groups is 3. The summed E-state index contributed by atoms with van der Waals surface area (Å²) in [5.74, 6) is -1.85. The molecule has 0 saturated carbocycles. The number of methoxy groups -OCH3 is 1. The van der Waals surface area contributed by atoms with E-state index in [-0.39, 0.29) is 47.5 Å². The molecule has 0 aromatic heterocycles. The molecule has 8 aromatic rings. The van der Waals surface area contributed by atoms with E-state index >= 15 is 0 Å². The molecule has 0 unspecified atom stereocenters. The summed E-state index contributed by atoms with van der Waals surface area (Å²) >= 11 is 13.2. The smallest absolute Gasteiger partial charge is 0.307 e. The lowest BCUT2D eigenvalue weighted by Gasteiger charge is -2.10. The number of carbonyl (C=O) groups excluding carboxylic acids is 2. The Balaban J connectivity index is 0.000000180. The molecular weight excluding hydrogens is 968 g/mol. The third kappa shape index (κ3) is 10.5. The number of aliphatic carboxylic acids is 2. The minimum atomic E-state index is -1.06. The van der Waals surface area contributed by atoms with E-state index in [1.807, 2.05) is 84.9 Å². The second-order valence-corrected chi connectivity index (χ2v) is 17.9. The van der Waals surface area contributed by atoms with Crippen LogP contribution in [0.5, 0.6) is 23.0 Å². The number of rotatable bonds is 11. The summed E-state index contributed by atoms with van der Waals surface area (Å²) in [6.45, 7) is 0. The molecule has 0 radical (unpaired) electrons. The van der Waals surface area contributed by atoms with Crippen LogP contribution < -0.4 is 15.4 Å². The Kier molecular flexibility index (Phi) is 13.9. The zero-order valence-electron chi connectivity index (χ0n) is 38.6. The standard InChI is InChI=1S/C30H22ClNO5.C29H20ClNO5/c1-37-28-11-6-17(12-20(28)14-29(34)35)13-24-23-15-22(25(31)16-26(23)32-30(24)36)19-9-7-18(8-10-19)21-4-2-3-5-27(21)33;30-24-15-25-22(14-21(24)18-8-6-17(7-9-18)20-3-1-2-4-27(20)33)23(29(36)31-25)12-16-5-10-26(32)19(11-16)13-28(34)35/h2-13,15-16,33H,14H2,1H3,(H,32,36)(H,34,35);1-12,14-15,32-33H,13H2,(H,31,36)(H,34,35)/b24-13-;23-12-. The van der Waals surface area contributed by atoms with Gasteiger partial charge in [0.15, 0.2) is 0 Å². The third-order valence-electron chi connectivity index (χ3n) is 12.3. The maximum Gasteiger partial charge on any atom is 0.307 e. The Morgan fingerprint density at radius 3 is 1.30 bits per heavy atom. The van der Waals surface area contributed by atoms with Crippen molar-refractivity contribution >= 4 is 81.6 Å². The van der Waals surface area contributed by atoms with E-state index < -0.39 is 11.9 Å². The molecule has 2 aliphatic heterocycles. The topological polar surface area (TPSA) is 203 Å². The number of nitrogens with one attached hydrogen (secondary N) is 2. The number of carbonyl (C=O) groups is 4. The molecule has 73 heavy (non-hydrogen) atoms. The highest BCUT2D eigenvalue weighted by molar-refractivity contribution is 6.39. The van der Waals surface area contributed by atoms with Crippen molar-refractivity contribution in [3.8, 4) is 67.5 Å². The van der Waals surface area contributed by atoms with Gasteiger partial charge in [0.2, 0.25) is 0 Å². The maximum atomic E-state index is 12.8. The van der Waals surface area contributed by atoms with Crippen molar-refractivity contribution in [1.29, 1.82) is 0 Å². The van der Waals surface area contributed by atoms with E-state index in [9.17, 15) is 39.6 Å². The summed E-state index contributed by atoms with van der Waals surface area (Å²) < 4.78 is 5.28. The second kappa shape index (κ2) is 20.7. The van der Waals surface area contributed by atoms with Gasteiger partial charge in [0.1, 0.15) is 23.0 Å². The molecule has 362 valence electrons. The lowest BCUT2D eigenvalue weighted by Crippen LogP contribution is -2.04.